The molecule has 0 saturated carbocycles. The first-order valence-electron chi connectivity index (χ1n) is 3.85. The summed E-state index contributed by atoms with van der Waals surface area (Å²) in [5.41, 5.74) is 0.740. The molecule has 0 heterocycles. The molecule has 2 atom stereocenters. The van der Waals surface area contributed by atoms with E-state index in [1.54, 1.807) is 24.3 Å². The van der Waals surface area contributed by atoms with Gasteiger partial charge < -0.3 is 5.11 Å². The van der Waals surface area contributed by atoms with Crippen LogP contribution in [0.2, 0.25) is 5.02 Å². The number of hydrogen-bond acceptors (Lipinski definition) is 1. The van der Waals surface area contributed by atoms with Crippen LogP contribution in [-0.4, -0.2) is 10.5 Å². The maximum absolute atomic E-state index is 9.63. The molecule has 1 aromatic carbocycles. The van der Waals surface area contributed by atoms with Crippen molar-refractivity contribution in [2.45, 2.75) is 11.5 Å². The molecular weight excluding hydrogens is 207 g/mol. The molecular formula is C10H10Cl2O. The van der Waals surface area contributed by atoms with Crippen LogP contribution in [-0.2, 0) is 0 Å². The van der Waals surface area contributed by atoms with E-state index < -0.39 is 11.5 Å². The monoisotopic (exact) mass is 216 g/mol. The van der Waals surface area contributed by atoms with E-state index >= 15 is 0 Å². The van der Waals surface area contributed by atoms with Crippen molar-refractivity contribution in [1.82, 2.24) is 0 Å². The average molecular weight is 217 g/mol. The topological polar surface area (TPSA) is 20.2 Å². The van der Waals surface area contributed by atoms with Gasteiger partial charge in [0, 0.05) is 5.02 Å². The molecule has 0 aliphatic carbocycles. The van der Waals surface area contributed by atoms with E-state index in [1.165, 1.54) is 6.08 Å². The molecule has 1 rings (SSSR count). The Kier molecular flexibility index (Phi) is 3.79. The molecule has 0 aromatic heterocycles. The lowest BCUT2D eigenvalue weighted by Gasteiger charge is -2.13. The molecule has 0 bridgehead atoms. The molecule has 0 unspecified atom stereocenters. The number of hydrogen-bond donors (Lipinski definition) is 1. The van der Waals surface area contributed by atoms with E-state index in [0.717, 1.165) is 5.56 Å². The highest BCUT2D eigenvalue weighted by molar-refractivity contribution is 6.30. The maximum atomic E-state index is 9.63. The third-order valence-corrected chi connectivity index (χ3v) is 2.41. The van der Waals surface area contributed by atoms with Crippen molar-refractivity contribution in [3.63, 3.8) is 0 Å². The van der Waals surface area contributed by atoms with E-state index in [-0.39, 0.29) is 0 Å². The highest BCUT2D eigenvalue weighted by Crippen LogP contribution is 2.22. The van der Waals surface area contributed by atoms with Crippen molar-refractivity contribution < 1.29 is 5.11 Å². The van der Waals surface area contributed by atoms with Crippen LogP contribution in [0, 0.1) is 0 Å². The van der Waals surface area contributed by atoms with Crippen LogP contribution in [0.3, 0.4) is 0 Å². The SMILES string of the molecule is C=C[C@H](Cl)[C@H](O)c1ccc(Cl)cc1. The van der Waals surface area contributed by atoms with Gasteiger partial charge in [-0.25, -0.2) is 0 Å². The third kappa shape index (κ3) is 2.73. The van der Waals surface area contributed by atoms with Crippen LogP contribution in [0.25, 0.3) is 0 Å². The molecule has 0 aliphatic heterocycles. The summed E-state index contributed by atoms with van der Waals surface area (Å²) in [5.74, 6) is 0. The molecule has 3 heteroatoms. The number of rotatable bonds is 3. The second-order valence-corrected chi connectivity index (χ2v) is 3.62. The number of benzene rings is 1. The number of aliphatic hydroxyl groups excluding tert-OH is 1. The van der Waals surface area contributed by atoms with Crippen molar-refractivity contribution in [3.05, 3.63) is 47.5 Å². The molecule has 0 spiro atoms. The normalized spacial score (nSPS) is 15.0. The van der Waals surface area contributed by atoms with Crippen LogP contribution in [0.4, 0.5) is 0 Å². The third-order valence-electron chi connectivity index (χ3n) is 1.74. The Balaban J connectivity index is 2.82. The van der Waals surface area contributed by atoms with E-state index in [4.69, 9.17) is 23.2 Å². The lowest BCUT2D eigenvalue weighted by Crippen LogP contribution is -2.08. The van der Waals surface area contributed by atoms with Crippen LogP contribution >= 0.6 is 23.2 Å². The van der Waals surface area contributed by atoms with E-state index in [9.17, 15) is 5.11 Å². The van der Waals surface area contributed by atoms with E-state index in [0.29, 0.717) is 5.02 Å². The molecule has 13 heavy (non-hydrogen) atoms. The van der Waals surface area contributed by atoms with Gasteiger partial charge in [-0.2, -0.15) is 0 Å². The van der Waals surface area contributed by atoms with Gasteiger partial charge in [0.15, 0.2) is 0 Å². The summed E-state index contributed by atoms with van der Waals surface area (Å²) in [6.45, 7) is 3.51. The largest absolute Gasteiger partial charge is 0.387 e. The number of aliphatic hydroxyl groups is 1. The summed E-state index contributed by atoms with van der Waals surface area (Å²) < 4.78 is 0. The first-order valence-corrected chi connectivity index (χ1v) is 4.66. The first kappa shape index (κ1) is 10.6. The van der Waals surface area contributed by atoms with Gasteiger partial charge in [0.25, 0.3) is 0 Å². The standard InChI is InChI=1S/C10H10Cl2O/c1-2-9(12)10(13)7-3-5-8(11)6-4-7/h2-6,9-10,13H,1H2/t9-,10+/m0/s1. The second kappa shape index (κ2) is 4.66. The Hall–Kier alpha value is -0.500. The first-order chi connectivity index (χ1) is 6.15. The fourth-order valence-corrected chi connectivity index (χ4v) is 1.24. The summed E-state index contributed by atoms with van der Waals surface area (Å²) >= 11 is 11.5. The van der Waals surface area contributed by atoms with Gasteiger partial charge in [-0.1, -0.05) is 29.8 Å². The number of halogens is 2. The van der Waals surface area contributed by atoms with Gasteiger partial charge in [0.1, 0.15) is 0 Å². The Morgan fingerprint density at radius 1 is 1.31 bits per heavy atom. The molecule has 0 radical (unpaired) electrons. The van der Waals surface area contributed by atoms with Crippen molar-refractivity contribution in [2.75, 3.05) is 0 Å². The Morgan fingerprint density at radius 2 is 1.85 bits per heavy atom. The van der Waals surface area contributed by atoms with Gasteiger partial charge in [-0.15, -0.1) is 18.2 Å². The highest BCUT2D eigenvalue weighted by Gasteiger charge is 2.14. The van der Waals surface area contributed by atoms with Crippen LogP contribution in [0.15, 0.2) is 36.9 Å². The van der Waals surface area contributed by atoms with Gasteiger partial charge in [0.05, 0.1) is 11.5 Å². The summed E-state index contributed by atoms with van der Waals surface area (Å²) in [6, 6.07) is 6.91. The fraction of sp³-hybridized carbons (Fsp3) is 0.200. The predicted molar refractivity (Wildman–Crippen MR) is 56.2 cm³/mol. The van der Waals surface area contributed by atoms with Gasteiger partial charge in [0.2, 0.25) is 0 Å². The van der Waals surface area contributed by atoms with E-state index in [1.807, 2.05) is 0 Å². The van der Waals surface area contributed by atoms with Crippen molar-refractivity contribution in [3.8, 4) is 0 Å². The van der Waals surface area contributed by atoms with E-state index in [2.05, 4.69) is 6.58 Å². The molecule has 0 aliphatic rings. The zero-order valence-corrected chi connectivity index (χ0v) is 8.46. The Bertz CT molecular complexity index is 281. The summed E-state index contributed by atoms with van der Waals surface area (Å²) in [7, 11) is 0. The van der Waals surface area contributed by atoms with Crippen LogP contribution in [0.5, 0.6) is 0 Å². The second-order valence-electron chi connectivity index (χ2n) is 2.68. The summed E-state index contributed by atoms with van der Waals surface area (Å²) in [6.07, 6.45) is 0.775. The molecule has 70 valence electrons. The number of alkyl halides is 1. The molecule has 1 nitrogen and oxygen atoms in total. The Morgan fingerprint density at radius 3 is 2.31 bits per heavy atom. The average Bonchev–Trinajstić information content (AvgIpc) is 2.17. The minimum absolute atomic E-state index is 0.471. The van der Waals surface area contributed by atoms with Crippen molar-refractivity contribution in [1.29, 1.82) is 0 Å². The van der Waals surface area contributed by atoms with Gasteiger partial charge in [-0.3, -0.25) is 0 Å². The molecule has 0 saturated heterocycles. The molecule has 0 amide bonds. The zero-order chi connectivity index (χ0) is 9.84. The van der Waals surface area contributed by atoms with Crippen molar-refractivity contribution >= 4 is 23.2 Å². The van der Waals surface area contributed by atoms with Crippen LogP contribution in [0.1, 0.15) is 11.7 Å². The molecule has 1 aromatic rings. The maximum Gasteiger partial charge on any atom is 0.0988 e. The minimum atomic E-state index is -0.726. The summed E-state index contributed by atoms with van der Waals surface area (Å²) in [5, 5.41) is 9.80. The minimum Gasteiger partial charge on any atom is -0.387 e. The lowest BCUT2D eigenvalue weighted by atomic mass is 10.1. The molecule has 1 N–H and O–H groups in total. The van der Waals surface area contributed by atoms with Gasteiger partial charge >= 0.3 is 0 Å². The summed E-state index contributed by atoms with van der Waals surface area (Å²) in [4.78, 5) is 0. The van der Waals surface area contributed by atoms with Crippen LogP contribution < -0.4 is 0 Å². The van der Waals surface area contributed by atoms with Gasteiger partial charge in [-0.05, 0) is 17.7 Å². The molecule has 0 fully saturated rings. The quantitative estimate of drug-likeness (QED) is 0.609. The van der Waals surface area contributed by atoms with Crippen molar-refractivity contribution in [2.24, 2.45) is 0 Å². The Labute approximate surface area is 87.6 Å². The highest BCUT2D eigenvalue weighted by atomic mass is 35.5. The lowest BCUT2D eigenvalue weighted by molar-refractivity contribution is 0.185. The fourth-order valence-electron chi connectivity index (χ4n) is 0.973. The smallest absolute Gasteiger partial charge is 0.0988 e. The predicted octanol–water partition coefficient (Wildman–Crippen LogP) is 3.17. The zero-order valence-electron chi connectivity index (χ0n) is 6.95.